The standard InChI is InChI=1S/C14H17BrN2O2/c15-9-10-1-3-11(4-2-10)13(18)16-7-8-17-14(19)12-5-6-12/h1-4,12H,5-9H2,(H,16,18)(H,17,19). The Morgan fingerprint density at radius 3 is 2.32 bits per heavy atom. The van der Waals surface area contributed by atoms with Crippen molar-refractivity contribution in [2.24, 2.45) is 5.92 Å². The van der Waals surface area contributed by atoms with Crippen LogP contribution in [0, 0.1) is 5.92 Å². The summed E-state index contributed by atoms with van der Waals surface area (Å²) in [5, 5.41) is 6.38. The molecule has 4 nitrogen and oxygen atoms in total. The van der Waals surface area contributed by atoms with Gasteiger partial charge in [0.2, 0.25) is 5.91 Å². The first-order chi connectivity index (χ1) is 9.20. The third-order valence-corrected chi connectivity index (χ3v) is 3.68. The van der Waals surface area contributed by atoms with Gasteiger partial charge >= 0.3 is 0 Å². The van der Waals surface area contributed by atoms with E-state index in [0.29, 0.717) is 18.7 Å². The van der Waals surface area contributed by atoms with Crippen molar-refractivity contribution in [2.45, 2.75) is 18.2 Å². The van der Waals surface area contributed by atoms with E-state index < -0.39 is 0 Å². The molecule has 0 bridgehead atoms. The van der Waals surface area contributed by atoms with Crippen molar-refractivity contribution in [1.82, 2.24) is 10.6 Å². The average molecular weight is 325 g/mol. The van der Waals surface area contributed by atoms with Crippen LogP contribution in [0.5, 0.6) is 0 Å². The van der Waals surface area contributed by atoms with Gasteiger partial charge in [-0.3, -0.25) is 9.59 Å². The van der Waals surface area contributed by atoms with Gasteiger partial charge in [-0.15, -0.1) is 0 Å². The van der Waals surface area contributed by atoms with E-state index in [0.717, 1.165) is 23.7 Å². The molecule has 1 aliphatic rings. The zero-order valence-corrected chi connectivity index (χ0v) is 12.2. The van der Waals surface area contributed by atoms with E-state index in [2.05, 4.69) is 26.6 Å². The monoisotopic (exact) mass is 324 g/mol. The van der Waals surface area contributed by atoms with Crippen LogP contribution in [0.1, 0.15) is 28.8 Å². The molecule has 0 aliphatic heterocycles. The number of nitrogens with one attached hydrogen (secondary N) is 2. The normalized spacial score (nSPS) is 13.9. The van der Waals surface area contributed by atoms with E-state index in [-0.39, 0.29) is 17.7 Å². The minimum absolute atomic E-state index is 0.107. The lowest BCUT2D eigenvalue weighted by Gasteiger charge is -2.07. The Balaban J connectivity index is 1.69. The highest BCUT2D eigenvalue weighted by atomic mass is 79.9. The van der Waals surface area contributed by atoms with Gasteiger partial charge in [-0.1, -0.05) is 28.1 Å². The molecule has 2 N–H and O–H groups in total. The molecule has 1 aliphatic carbocycles. The summed E-state index contributed by atoms with van der Waals surface area (Å²) in [7, 11) is 0. The highest BCUT2D eigenvalue weighted by Crippen LogP contribution is 2.28. The molecule has 5 heteroatoms. The number of carbonyl (C=O) groups excluding carboxylic acids is 2. The van der Waals surface area contributed by atoms with Crippen molar-refractivity contribution in [2.75, 3.05) is 13.1 Å². The Morgan fingerprint density at radius 2 is 1.74 bits per heavy atom. The van der Waals surface area contributed by atoms with Crippen molar-refractivity contribution >= 4 is 27.7 Å². The Bertz CT molecular complexity index is 455. The lowest BCUT2D eigenvalue weighted by Crippen LogP contribution is -2.35. The predicted octanol–water partition coefficient (Wildman–Crippen LogP) is 1.84. The largest absolute Gasteiger partial charge is 0.354 e. The van der Waals surface area contributed by atoms with Crippen molar-refractivity contribution in [3.8, 4) is 0 Å². The van der Waals surface area contributed by atoms with E-state index in [1.54, 1.807) is 12.1 Å². The summed E-state index contributed by atoms with van der Waals surface area (Å²) in [6, 6.07) is 7.43. The van der Waals surface area contributed by atoms with Gasteiger partial charge in [-0.05, 0) is 30.5 Å². The van der Waals surface area contributed by atoms with Gasteiger partial charge in [0.25, 0.3) is 5.91 Å². The maximum absolute atomic E-state index is 11.8. The maximum atomic E-state index is 11.8. The molecule has 1 aromatic rings. The quantitative estimate of drug-likeness (QED) is 0.619. The number of amides is 2. The number of hydrogen-bond acceptors (Lipinski definition) is 2. The lowest BCUT2D eigenvalue weighted by molar-refractivity contribution is -0.122. The van der Waals surface area contributed by atoms with Gasteiger partial charge in [0, 0.05) is 29.9 Å². The van der Waals surface area contributed by atoms with Crippen molar-refractivity contribution in [1.29, 1.82) is 0 Å². The van der Waals surface area contributed by atoms with Crippen LogP contribution in [0.15, 0.2) is 24.3 Å². The Kier molecular flexibility index (Phi) is 4.96. The molecule has 102 valence electrons. The molecule has 0 heterocycles. The molecule has 19 heavy (non-hydrogen) atoms. The van der Waals surface area contributed by atoms with Crippen LogP contribution >= 0.6 is 15.9 Å². The number of alkyl halides is 1. The van der Waals surface area contributed by atoms with Crippen molar-refractivity contribution in [3.63, 3.8) is 0 Å². The van der Waals surface area contributed by atoms with Gasteiger partial charge in [0.15, 0.2) is 0 Å². The molecule has 1 fully saturated rings. The van der Waals surface area contributed by atoms with Gasteiger partial charge < -0.3 is 10.6 Å². The van der Waals surface area contributed by atoms with Gasteiger partial charge in [0.1, 0.15) is 0 Å². The Morgan fingerprint density at radius 1 is 1.11 bits per heavy atom. The van der Waals surface area contributed by atoms with Crippen LogP contribution < -0.4 is 10.6 Å². The first-order valence-corrected chi connectivity index (χ1v) is 7.53. The van der Waals surface area contributed by atoms with Crippen LogP contribution in [0.4, 0.5) is 0 Å². The molecule has 0 radical (unpaired) electrons. The van der Waals surface area contributed by atoms with Crippen LogP contribution in [-0.2, 0) is 10.1 Å². The Labute approximate surface area is 121 Å². The average Bonchev–Trinajstić information content (AvgIpc) is 3.27. The van der Waals surface area contributed by atoms with Gasteiger partial charge in [-0.2, -0.15) is 0 Å². The molecule has 2 amide bonds. The SMILES string of the molecule is O=C(NCCNC(=O)C1CC1)c1ccc(CBr)cc1. The molecule has 1 saturated carbocycles. The van der Waals surface area contributed by atoms with E-state index in [9.17, 15) is 9.59 Å². The highest BCUT2D eigenvalue weighted by Gasteiger charge is 2.28. The molecular weight excluding hydrogens is 308 g/mol. The number of carbonyl (C=O) groups is 2. The molecule has 0 saturated heterocycles. The fourth-order valence-corrected chi connectivity index (χ4v) is 2.07. The zero-order valence-electron chi connectivity index (χ0n) is 10.6. The minimum atomic E-state index is -0.109. The molecule has 0 aromatic heterocycles. The number of rotatable bonds is 6. The molecule has 0 atom stereocenters. The second kappa shape index (κ2) is 6.70. The second-order valence-electron chi connectivity index (χ2n) is 4.65. The third kappa shape index (κ3) is 4.35. The first-order valence-electron chi connectivity index (χ1n) is 6.41. The first kappa shape index (κ1) is 14.1. The smallest absolute Gasteiger partial charge is 0.251 e. The summed E-state index contributed by atoms with van der Waals surface area (Å²) in [4.78, 5) is 23.2. The summed E-state index contributed by atoms with van der Waals surface area (Å²) >= 11 is 3.36. The van der Waals surface area contributed by atoms with Crippen molar-refractivity contribution < 1.29 is 9.59 Å². The summed E-state index contributed by atoms with van der Waals surface area (Å²) in [6.07, 6.45) is 2.00. The van der Waals surface area contributed by atoms with Crippen LogP contribution in [0.3, 0.4) is 0 Å². The fraction of sp³-hybridized carbons (Fsp3) is 0.429. The van der Waals surface area contributed by atoms with Crippen LogP contribution in [0.2, 0.25) is 0 Å². The number of benzene rings is 1. The maximum Gasteiger partial charge on any atom is 0.251 e. The van der Waals surface area contributed by atoms with E-state index in [4.69, 9.17) is 0 Å². The van der Waals surface area contributed by atoms with Gasteiger partial charge in [0.05, 0.1) is 0 Å². The van der Waals surface area contributed by atoms with Crippen molar-refractivity contribution in [3.05, 3.63) is 35.4 Å². The predicted molar refractivity (Wildman–Crippen MR) is 77.1 cm³/mol. The second-order valence-corrected chi connectivity index (χ2v) is 5.21. The van der Waals surface area contributed by atoms with E-state index in [1.807, 2.05) is 12.1 Å². The lowest BCUT2D eigenvalue weighted by atomic mass is 10.1. The summed E-state index contributed by atoms with van der Waals surface area (Å²) in [6.45, 7) is 0.943. The topological polar surface area (TPSA) is 58.2 Å². The summed E-state index contributed by atoms with van der Waals surface area (Å²) in [5.74, 6) is 0.213. The van der Waals surface area contributed by atoms with E-state index in [1.165, 1.54) is 0 Å². The summed E-state index contributed by atoms with van der Waals surface area (Å²) in [5.41, 5.74) is 1.77. The molecule has 0 unspecified atom stereocenters. The fourth-order valence-electron chi connectivity index (χ4n) is 1.70. The minimum Gasteiger partial charge on any atom is -0.354 e. The van der Waals surface area contributed by atoms with E-state index >= 15 is 0 Å². The van der Waals surface area contributed by atoms with Crippen LogP contribution in [-0.4, -0.2) is 24.9 Å². The van der Waals surface area contributed by atoms with Crippen LogP contribution in [0.25, 0.3) is 0 Å². The zero-order chi connectivity index (χ0) is 13.7. The molecule has 1 aromatic carbocycles. The highest BCUT2D eigenvalue weighted by molar-refractivity contribution is 9.08. The molecule has 0 spiro atoms. The molecular formula is C14H17BrN2O2. The number of hydrogen-bond donors (Lipinski definition) is 2. The molecule has 2 rings (SSSR count). The summed E-state index contributed by atoms with van der Waals surface area (Å²) < 4.78 is 0. The number of halogens is 1. The van der Waals surface area contributed by atoms with Gasteiger partial charge in [-0.25, -0.2) is 0 Å². The third-order valence-electron chi connectivity index (χ3n) is 3.03. The Hall–Kier alpha value is -1.36.